The fourth-order valence-corrected chi connectivity index (χ4v) is 4.78. The molecule has 27 heavy (non-hydrogen) atoms. The standard InChI is InChI=1S/C17H20BrF2NO6/c1-15(2)10-3-4-16(15,12(22)21-5-6-27-14(21)24)11(9-10)25-7-8-26-13(23)17(18,19)20/h5-6,10-11H,3-4,7-9H2,1-2H3/t10-,11-,16+/m1/s1. The van der Waals surface area contributed by atoms with Crippen LogP contribution in [0.25, 0.3) is 0 Å². The number of carbonyl (C=O) groups is 2. The lowest BCUT2D eigenvalue weighted by atomic mass is 9.67. The van der Waals surface area contributed by atoms with Crippen LogP contribution in [-0.4, -0.2) is 40.6 Å². The Morgan fingerprint density at radius 3 is 2.67 bits per heavy atom. The van der Waals surface area contributed by atoms with Crippen molar-refractivity contribution >= 4 is 27.8 Å². The van der Waals surface area contributed by atoms with Gasteiger partial charge in [0.2, 0.25) is 5.91 Å². The van der Waals surface area contributed by atoms with Crippen molar-refractivity contribution in [1.29, 1.82) is 0 Å². The Hall–Kier alpha value is -1.55. The molecule has 2 aliphatic rings. The topological polar surface area (TPSA) is 87.7 Å². The number of aromatic nitrogens is 1. The summed E-state index contributed by atoms with van der Waals surface area (Å²) >= 11 is 1.93. The van der Waals surface area contributed by atoms with E-state index in [4.69, 9.17) is 9.15 Å². The van der Waals surface area contributed by atoms with E-state index in [1.807, 2.05) is 29.8 Å². The molecule has 2 bridgehead atoms. The van der Waals surface area contributed by atoms with Crippen LogP contribution in [0.4, 0.5) is 8.78 Å². The lowest BCUT2D eigenvalue weighted by Gasteiger charge is -2.40. The predicted molar refractivity (Wildman–Crippen MR) is 91.7 cm³/mol. The Bertz CT molecular complexity index is 798. The van der Waals surface area contributed by atoms with Crippen LogP contribution < -0.4 is 5.76 Å². The van der Waals surface area contributed by atoms with Crippen molar-refractivity contribution in [2.75, 3.05) is 13.2 Å². The second-order valence-corrected chi connectivity index (χ2v) is 8.50. The number of hydrogen-bond acceptors (Lipinski definition) is 6. The van der Waals surface area contributed by atoms with Gasteiger partial charge in [0.1, 0.15) is 12.9 Å². The van der Waals surface area contributed by atoms with Crippen LogP contribution in [0.1, 0.15) is 37.9 Å². The first-order chi connectivity index (χ1) is 12.5. The van der Waals surface area contributed by atoms with E-state index in [9.17, 15) is 23.2 Å². The van der Waals surface area contributed by atoms with Gasteiger partial charge in [0.05, 0.1) is 24.3 Å². The SMILES string of the molecule is CC1(C)[C@@H]2CC[C@@]1(C(=O)n1ccoc1=O)[C@H](OCCOC(=O)C(F)(F)Br)C2. The van der Waals surface area contributed by atoms with Gasteiger partial charge < -0.3 is 13.9 Å². The molecule has 0 saturated heterocycles. The molecule has 0 aliphatic heterocycles. The Balaban J connectivity index is 1.74. The second kappa shape index (κ2) is 6.80. The molecule has 1 aromatic heterocycles. The molecule has 10 heteroatoms. The van der Waals surface area contributed by atoms with E-state index in [2.05, 4.69) is 4.74 Å². The monoisotopic (exact) mass is 451 g/mol. The van der Waals surface area contributed by atoms with Crippen molar-refractivity contribution in [3.05, 3.63) is 23.0 Å². The highest BCUT2D eigenvalue weighted by atomic mass is 79.9. The molecule has 0 spiro atoms. The summed E-state index contributed by atoms with van der Waals surface area (Å²) in [6, 6.07) is 0. The predicted octanol–water partition coefficient (Wildman–Crippen LogP) is 2.82. The first kappa shape index (κ1) is 20.2. The van der Waals surface area contributed by atoms with Crippen LogP contribution in [0.2, 0.25) is 0 Å². The van der Waals surface area contributed by atoms with E-state index in [1.165, 1.54) is 6.20 Å². The van der Waals surface area contributed by atoms with E-state index in [-0.39, 0.29) is 25.0 Å². The normalized spacial score (nSPS) is 29.1. The number of fused-ring (bicyclic) bond motifs is 2. The summed E-state index contributed by atoms with van der Waals surface area (Å²) in [6.45, 7) is 3.46. The Labute approximate surface area is 162 Å². The number of nitrogens with zero attached hydrogens (tertiary/aromatic N) is 1. The second-order valence-electron chi connectivity index (χ2n) is 7.50. The smallest absolute Gasteiger partial charge is 0.425 e. The van der Waals surface area contributed by atoms with Gasteiger partial charge in [-0.2, -0.15) is 8.78 Å². The highest BCUT2D eigenvalue weighted by Gasteiger charge is 2.69. The van der Waals surface area contributed by atoms with Crippen LogP contribution >= 0.6 is 15.9 Å². The summed E-state index contributed by atoms with van der Waals surface area (Å²) in [5.74, 6) is -2.62. The summed E-state index contributed by atoms with van der Waals surface area (Å²) in [4.78, 5) is 32.4. The van der Waals surface area contributed by atoms with Gasteiger partial charge in [0.25, 0.3) is 0 Å². The Kier molecular flexibility index (Phi) is 5.09. The average Bonchev–Trinajstić information content (AvgIpc) is 3.18. The number of ether oxygens (including phenoxy) is 2. The number of hydrogen-bond donors (Lipinski definition) is 0. The van der Waals surface area contributed by atoms with Crippen LogP contribution in [0.15, 0.2) is 21.7 Å². The van der Waals surface area contributed by atoms with Crippen molar-refractivity contribution in [2.45, 2.75) is 44.0 Å². The van der Waals surface area contributed by atoms with Crippen molar-refractivity contribution in [2.24, 2.45) is 16.7 Å². The van der Waals surface area contributed by atoms with Gasteiger partial charge in [-0.3, -0.25) is 4.79 Å². The van der Waals surface area contributed by atoms with Gasteiger partial charge in [-0.05, 0) is 30.6 Å². The van der Waals surface area contributed by atoms with E-state index >= 15 is 0 Å². The molecular weight excluding hydrogens is 432 g/mol. The zero-order valence-corrected chi connectivity index (χ0v) is 16.5. The minimum Gasteiger partial charge on any atom is -0.458 e. The average molecular weight is 452 g/mol. The molecule has 2 saturated carbocycles. The molecular formula is C17H20BrF2NO6. The Morgan fingerprint density at radius 1 is 1.41 bits per heavy atom. The maximum Gasteiger partial charge on any atom is 0.425 e. The van der Waals surface area contributed by atoms with E-state index < -0.39 is 33.5 Å². The molecule has 3 atom stereocenters. The molecule has 0 amide bonds. The van der Waals surface area contributed by atoms with Gasteiger partial charge in [0.15, 0.2) is 0 Å². The summed E-state index contributed by atoms with van der Waals surface area (Å²) in [5.41, 5.74) is -1.35. The molecule has 0 N–H and O–H groups in total. The molecule has 0 radical (unpaired) electrons. The van der Waals surface area contributed by atoms with Gasteiger partial charge in [-0.15, -0.1) is 0 Å². The lowest BCUT2D eigenvalue weighted by molar-refractivity contribution is -0.162. The maximum absolute atomic E-state index is 13.2. The maximum atomic E-state index is 13.2. The van der Waals surface area contributed by atoms with Crippen LogP contribution in [0.3, 0.4) is 0 Å². The minimum atomic E-state index is -3.75. The minimum absolute atomic E-state index is 0.127. The number of rotatable bonds is 6. The van der Waals surface area contributed by atoms with Crippen molar-refractivity contribution in [3.63, 3.8) is 0 Å². The van der Waals surface area contributed by atoms with Gasteiger partial charge in [0, 0.05) is 15.9 Å². The molecule has 1 heterocycles. The van der Waals surface area contributed by atoms with Gasteiger partial charge in [-0.1, -0.05) is 13.8 Å². The summed E-state index contributed by atoms with van der Waals surface area (Å²) in [7, 11) is 0. The molecule has 0 aromatic carbocycles. The number of esters is 1. The first-order valence-electron chi connectivity index (χ1n) is 8.58. The molecule has 2 fully saturated rings. The van der Waals surface area contributed by atoms with Crippen LogP contribution in [-0.2, 0) is 14.3 Å². The van der Waals surface area contributed by atoms with Crippen LogP contribution in [0.5, 0.6) is 0 Å². The fraction of sp³-hybridized carbons (Fsp3) is 0.706. The summed E-state index contributed by atoms with van der Waals surface area (Å²) in [6.07, 6.45) is 3.91. The molecule has 150 valence electrons. The van der Waals surface area contributed by atoms with Crippen molar-refractivity contribution < 1.29 is 32.3 Å². The lowest BCUT2D eigenvalue weighted by Crippen LogP contribution is -2.51. The molecule has 0 unspecified atom stereocenters. The zero-order chi connectivity index (χ0) is 20.0. The highest BCUT2D eigenvalue weighted by Crippen LogP contribution is 2.67. The molecule has 7 nitrogen and oxygen atoms in total. The van der Waals surface area contributed by atoms with E-state index in [0.29, 0.717) is 12.8 Å². The van der Waals surface area contributed by atoms with Gasteiger partial charge in [-0.25, -0.2) is 14.2 Å². The third-order valence-electron chi connectivity index (χ3n) is 6.15. The summed E-state index contributed by atoms with van der Waals surface area (Å²) < 4.78 is 41.4. The highest BCUT2D eigenvalue weighted by molar-refractivity contribution is 9.10. The third kappa shape index (κ3) is 3.16. The Morgan fingerprint density at radius 2 is 2.11 bits per heavy atom. The van der Waals surface area contributed by atoms with Crippen molar-refractivity contribution in [3.8, 4) is 0 Å². The largest absolute Gasteiger partial charge is 0.458 e. The summed E-state index contributed by atoms with van der Waals surface area (Å²) in [5, 5.41) is 0. The zero-order valence-electron chi connectivity index (χ0n) is 14.9. The molecule has 1 aromatic rings. The van der Waals surface area contributed by atoms with E-state index in [0.717, 1.165) is 17.3 Å². The molecule has 2 aliphatic carbocycles. The number of oxazole rings is 1. The van der Waals surface area contributed by atoms with Gasteiger partial charge >= 0.3 is 16.6 Å². The van der Waals surface area contributed by atoms with Crippen LogP contribution in [0, 0.1) is 16.7 Å². The number of alkyl halides is 3. The third-order valence-corrected chi connectivity index (χ3v) is 6.47. The fourth-order valence-electron chi connectivity index (χ4n) is 4.67. The number of carbonyl (C=O) groups excluding carboxylic acids is 2. The van der Waals surface area contributed by atoms with E-state index in [1.54, 1.807) is 0 Å². The number of halogens is 3. The quantitative estimate of drug-likeness (QED) is 0.375. The van der Waals surface area contributed by atoms with Crippen molar-refractivity contribution in [1.82, 2.24) is 4.57 Å². The first-order valence-corrected chi connectivity index (χ1v) is 9.37. The molecule has 3 rings (SSSR count).